The molecule has 72 valence electrons. The molecule has 0 radical (unpaired) electrons. The topological polar surface area (TPSA) is 58.3 Å². The highest BCUT2D eigenvalue weighted by Gasteiger charge is 2.23. The number of nitrogens with two attached hydrogens (primary N) is 1. The molecule has 4 N–H and O–H groups in total. The Hall–Kier alpha value is -0.120. The molecule has 0 heterocycles. The van der Waals surface area contributed by atoms with Gasteiger partial charge < -0.3 is 16.2 Å². The molecule has 0 bridgehead atoms. The predicted octanol–water partition coefficient (Wildman–Crippen LogP) is 0.0858. The summed E-state index contributed by atoms with van der Waals surface area (Å²) in [5.74, 6) is 0.463. The van der Waals surface area contributed by atoms with Crippen LogP contribution in [0.4, 0.5) is 0 Å². The Bertz CT molecular complexity index is 119. The second kappa shape index (κ2) is 5.51. The minimum atomic E-state index is 0.322. The van der Waals surface area contributed by atoms with E-state index in [9.17, 15) is 0 Å². The molecule has 2 atom stereocenters. The van der Waals surface area contributed by atoms with Gasteiger partial charge in [-0.25, -0.2) is 0 Å². The summed E-state index contributed by atoms with van der Waals surface area (Å²) in [5.41, 5.74) is 5.41. The van der Waals surface area contributed by atoms with Gasteiger partial charge in [-0.15, -0.1) is 0 Å². The first-order chi connectivity index (χ1) is 5.88. The van der Waals surface area contributed by atoms with Gasteiger partial charge in [0.2, 0.25) is 0 Å². The first-order valence-electron chi connectivity index (χ1n) is 4.92. The van der Waals surface area contributed by atoms with Gasteiger partial charge in [0.25, 0.3) is 0 Å². The van der Waals surface area contributed by atoms with E-state index in [2.05, 4.69) is 5.32 Å². The highest BCUT2D eigenvalue weighted by atomic mass is 16.3. The largest absolute Gasteiger partial charge is 0.396 e. The van der Waals surface area contributed by atoms with Gasteiger partial charge in [0, 0.05) is 25.7 Å². The summed E-state index contributed by atoms with van der Waals surface area (Å²) in [5, 5.41) is 12.5. The summed E-state index contributed by atoms with van der Waals surface area (Å²) in [6.07, 6.45) is 4.93. The fourth-order valence-corrected chi connectivity index (χ4v) is 1.96. The van der Waals surface area contributed by atoms with Crippen molar-refractivity contribution in [1.29, 1.82) is 0 Å². The third-order valence-electron chi connectivity index (χ3n) is 2.69. The minimum absolute atomic E-state index is 0.322. The SMILES string of the molecule is NCCNC1CCCCC1CO. The van der Waals surface area contributed by atoms with Gasteiger partial charge in [-0.1, -0.05) is 12.8 Å². The van der Waals surface area contributed by atoms with Gasteiger partial charge >= 0.3 is 0 Å². The molecule has 1 fully saturated rings. The Labute approximate surface area is 74.3 Å². The lowest BCUT2D eigenvalue weighted by atomic mass is 9.85. The molecule has 0 saturated heterocycles. The van der Waals surface area contributed by atoms with E-state index in [0.717, 1.165) is 6.54 Å². The molecule has 0 amide bonds. The maximum absolute atomic E-state index is 9.09. The van der Waals surface area contributed by atoms with Gasteiger partial charge in [0.15, 0.2) is 0 Å². The molecular weight excluding hydrogens is 152 g/mol. The van der Waals surface area contributed by atoms with Crippen LogP contribution in [0.15, 0.2) is 0 Å². The lowest BCUT2D eigenvalue weighted by Gasteiger charge is -2.30. The Kier molecular flexibility index (Phi) is 4.58. The molecule has 1 rings (SSSR count). The average molecular weight is 172 g/mol. The Balaban J connectivity index is 2.26. The summed E-state index contributed by atoms with van der Waals surface area (Å²) in [6, 6.07) is 0.507. The molecule has 2 unspecified atom stereocenters. The average Bonchev–Trinajstić information content (AvgIpc) is 2.15. The van der Waals surface area contributed by atoms with Gasteiger partial charge in [-0.05, 0) is 18.8 Å². The molecular formula is C9H20N2O. The molecule has 1 aliphatic carbocycles. The van der Waals surface area contributed by atoms with Crippen LogP contribution in [0.1, 0.15) is 25.7 Å². The molecule has 3 nitrogen and oxygen atoms in total. The van der Waals surface area contributed by atoms with Crippen molar-refractivity contribution in [2.45, 2.75) is 31.7 Å². The zero-order valence-corrected chi connectivity index (χ0v) is 7.63. The van der Waals surface area contributed by atoms with Crippen LogP contribution in [0.2, 0.25) is 0 Å². The van der Waals surface area contributed by atoms with Crippen LogP contribution in [0, 0.1) is 5.92 Å². The van der Waals surface area contributed by atoms with Crippen LogP contribution in [-0.2, 0) is 0 Å². The lowest BCUT2D eigenvalue weighted by Crippen LogP contribution is -2.42. The molecule has 1 saturated carbocycles. The first kappa shape index (κ1) is 9.96. The maximum atomic E-state index is 9.09. The van der Waals surface area contributed by atoms with E-state index in [-0.39, 0.29) is 0 Å². The number of aliphatic hydroxyl groups is 1. The second-order valence-corrected chi connectivity index (χ2v) is 3.58. The molecule has 0 aromatic heterocycles. The van der Waals surface area contributed by atoms with Gasteiger partial charge in [0.05, 0.1) is 0 Å². The van der Waals surface area contributed by atoms with E-state index in [1.807, 2.05) is 0 Å². The quantitative estimate of drug-likeness (QED) is 0.563. The first-order valence-corrected chi connectivity index (χ1v) is 4.92. The Morgan fingerprint density at radius 2 is 2.08 bits per heavy atom. The van der Waals surface area contributed by atoms with Crippen LogP contribution in [0.25, 0.3) is 0 Å². The van der Waals surface area contributed by atoms with Gasteiger partial charge in [-0.3, -0.25) is 0 Å². The minimum Gasteiger partial charge on any atom is -0.396 e. The highest BCUT2D eigenvalue weighted by Crippen LogP contribution is 2.23. The van der Waals surface area contributed by atoms with Crippen LogP contribution >= 0.6 is 0 Å². The summed E-state index contributed by atoms with van der Waals surface area (Å²) in [7, 11) is 0. The van der Waals surface area contributed by atoms with E-state index in [0.29, 0.717) is 25.1 Å². The van der Waals surface area contributed by atoms with Crippen molar-refractivity contribution < 1.29 is 5.11 Å². The monoisotopic (exact) mass is 172 g/mol. The van der Waals surface area contributed by atoms with Crippen LogP contribution < -0.4 is 11.1 Å². The van der Waals surface area contributed by atoms with Crippen molar-refractivity contribution in [3.8, 4) is 0 Å². The zero-order chi connectivity index (χ0) is 8.81. The lowest BCUT2D eigenvalue weighted by molar-refractivity contribution is 0.154. The summed E-state index contributed by atoms with van der Waals surface area (Å²) in [4.78, 5) is 0. The normalized spacial score (nSPS) is 30.5. The maximum Gasteiger partial charge on any atom is 0.0474 e. The van der Waals surface area contributed by atoms with Crippen LogP contribution in [0.5, 0.6) is 0 Å². The van der Waals surface area contributed by atoms with Crippen LogP contribution in [0.3, 0.4) is 0 Å². The molecule has 0 aromatic rings. The van der Waals surface area contributed by atoms with E-state index in [4.69, 9.17) is 10.8 Å². The Morgan fingerprint density at radius 3 is 2.75 bits per heavy atom. The van der Waals surface area contributed by atoms with Crippen molar-refractivity contribution in [2.75, 3.05) is 19.7 Å². The van der Waals surface area contributed by atoms with E-state index in [1.165, 1.54) is 25.7 Å². The number of hydrogen-bond acceptors (Lipinski definition) is 3. The molecule has 3 heteroatoms. The second-order valence-electron chi connectivity index (χ2n) is 3.58. The fraction of sp³-hybridized carbons (Fsp3) is 1.00. The van der Waals surface area contributed by atoms with Crippen molar-refractivity contribution in [3.63, 3.8) is 0 Å². The highest BCUT2D eigenvalue weighted by molar-refractivity contribution is 4.80. The predicted molar refractivity (Wildman–Crippen MR) is 49.9 cm³/mol. The molecule has 1 aliphatic rings. The van der Waals surface area contributed by atoms with Gasteiger partial charge in [-0.2, -0.15) is 0 Å². The van der Waals surface area contributed by atoms with Gasteiger partial charge in [0.1, 0.15) is 0 Å². The molecule has 12 heavy (non-hydrogen) atoms. The Morgan fingerprint density at radius 1 is 1.33 bits per heavy atom. The summed E-state index contributed by atoms with van der Waals surface area (Å²) in [6.45, 7) is 1.89. The number of nitrogens with one attached hydrogen (secondary N) is 1. The summed E-state index contributed by atoms with van der Waals surface area (Å²) < 4.78 is 0. The van der Waals surface area contributed by atoms with Crippen molar-refractivity contribution in [3.05, 3.63) is 0 Å². The van der Waals surface area contributed by atoms with Crippen molar-refractivity contribution in [2.24, 2.45) is 11.7 Å². The fourth-order valence-electron chi connectivity index (χ4n) is 1.96. The van der Waals surface area contributed by atoms with Crippen LogP contribution in [-0.4, -0.2) is 30.8 Å². The van der Waals surface area contributed by atoms with Crippen molar-refractivity contribution >= 4 is 0 Å². The molecule has 0 aromatic carbocycles. The summed E-state index contributed by atoms with van der Waals surface area (Å²) >= 11 is 0. The van der Waals surface area contributed by atoms with E-state index in [1.54, 1.807) is 0 Å². The van der Waals surface area contributed by atoms with E-state index < -0.39 is 0 Å². The number of rotatable bonds is 4. The third kappa shape index (κ3) is 2.73. The zero-order valence-electron chi connectivity index (χ0n) is 7.63. The standard InChI is InChI=1S/C9H20N2O/c10-5-6-11-9-4-2-1-3-8(9)7-12/h8-9,11-12H,1-7,10H2. The van der Waals surface area contributed by atoms with Crippen molar-refractivity contribution in [1.82, 2.24) is 5.32 Å². The molecule has 0 aliphatic heterocycles. The third-order valence-corrected chi connectivity index (χ3v) is 2.69. The molecule has 0 spiro atoms. The number of aliphatic hydroxyl groups excluding tert-OH is 1. The smallest absolute Gasteiger partial charge is 0.0474 e. The van der Waals surface area contributed by atoms with E-state index >= 15 is 0 Å². The number of hydrogen-bond donors (Lipinski definition) is 3.